The number of rotatable bonds is 2. The maximum atomic E-state index is 13.0. The molecular weight excluding hydrogens is 294 g/mol. The van der Waals surface area contributed by atoms with Gasteiger partial charge in [-0.15, -0.1) is 0 Å². The minimum Gasteiger partial charge on any atom is -0.368 e. The number of hydrogen-bond donors (Lipinski definition) is 1. The van der Waals surface area contributed by atoms with E-state index in [0.717, 1.165) is 58.3 Å². The van der Waals surface area contributed by atoms with Crippen molar-refractivity contribution >= 4 is 11.8 Å². The third-order valence-corrected chi connectivity index (χ3v) is 5.98. The second kappa shape index (κ2) is 6.40. The molecule has 4 rings (SSSR count). The second-order valence-corrected chi connectivity index (χ2v) is 7.47. The van der Waals surface area contributed by atoms with Crippen LogP contribution in [0.3, 0.4) is 0 Å². The maximum Gasteiger partial charge on any atom is 0.252 e. The summed E-state index contributed by atoms with van der Waals surface area (Å²) in [5.41, 5.74) is 0. The van der Waals surface area contributed by atoms with Gasteiger partial charge in [0.05, 0.1) is 0 Å². The first kappa shape index (κ1) is 15.4. The lowest BCUT2D eigenvalue weighted by Gasteiger charge is -2.38. The molecule has 0 aromatic rings. The molecule has 0 saturated carbocycles. The normalized spacial score (nSPS) is 37.2. The maximum absolute atomic E-state index is 13.0. The largest absolute Gasteiger partial charge is 0.368 e. The quantitative estimate of drug-likeness (QED) is 0.791. The van der Waals surface area contributed by atoms with Crippen molar-refractivity contribution in [3.05, 3.63) is 0 Å². The van der Waals surface area contributed by atoms with Crippen LogP contribution in [0.15, 0.2) is 0 Å². The molecule has 4 atom stereocenters. The van der Waals surface area contributed by atoms with E-state index in [1.54, 1.807) is 0 Å². The van der Waals surface area contributed by atoms with Gasteiger partial charge >= 0.3 is 0 Å². The number of ether oxygens (including phenoxy) is 1. The predicted molar refractivity (Wildman–Crippen MR) is 84.8 cm³/mol. The van der Waals surface area contributed by atoms with Gasteiger partial charge in [0.15, 0.2) is 0 Å². The van der Waals surface area contributed by atoms with Gasteiger partial charge in [-0.1, -0.05) is 0 Å². The van der Waals surface area contributed by atoms with Crippen LogP contribution in [0.25, 0.3) is 0 Å². The van der Waals surface area contributed by atoms with E-state index >= 15 is 0 Å². The van der Waals surface area contributed by atoms with Crippen LogP contribution < -0.4 is 5.32 Å². The Balaban J connectivity index is 1.44. The monoisotopic (exact) mass is 321 g/mol. The van der Waals surface area contributed by atoms with E-state index in [4.69, 9.17) is 4.74 Å². The molecule has 4 aliphatic rings. The van der Waals surface area contributed by atoms with Gasteiger partial charge in [-0.3, -0.25) is 9.59 Å². The molecule has 4 heterocycles. The fourth-order valence-electron chi connectivity index (χ4n) is 4.66. The molecule has 4 fully saturated rings. The van der Waals surface area contributed by atoms with Gasteiger partial charge in [0, 0.05) is 39.3 Å². The van der Waals surface area contributed by atoms with E-state index in [1.807, 2.05) is 9.80 Å². The zero-order chi connectivity index (χ0) is 15.8. The van der Waals surface area contributed by atoms with Gasteiger partial charge in [0.1, 0.15) is 12.1 Å². The molecule has 2 amide bonds. The van der Waals surface area contributed by atoms with Crippen molar-refractivity contribution in [1.82, 2.24) is 15.1 Å². The Bertz CT molecular complexity index is 466. The summed E-state index contributed by atoms with van der Waals surface area (Å²) in [6.07, 6.45) is 4.28. The lowest BCUT2D eigenvalue weighted by atomic mass is 9.99. The van der Waals surface area contributed by atoms with Crippen LogP contribution >= 0.6 is 0 Å². The molecule has 6 nitrogen and oxygen atoms in total. The fraction of sp³-hybridized carbons (Fsp3) is 0.882. The summed E-state index contributed by atoms with van der Waals surface area (Å²) < 4.78 is 5.56. The summed E-state index contributed by atoms with van der Waals surface area (Å²) in [5.74, 6) is 1.42. The van der Waals surface area contributed by atoms with Gasteiger partial charge < -0.3 is 19.9 Å². The number of carbonyl (C=O) groups is 2. The average Bonchev–Trinajstić information content (AvgIpc) is 3.29. The number of nitrogens with one attached hydrogen (secondary N) is 1. The molecule has 0 aromatic heterocycles. The number of carbonyl (C=O) groups excluding carboxylic acids is 2. The Morgan fingerprint density at radius 1 is 0.957 bits per heavy atom. The van der Waals surface area contributed by atoms with E-state index in [9.17, 15) is 9.59 Å². The molecule has 0 aliphatic carbocycles. The van der Waals surface area contributed by atoms with Gasteiger partial charge in [0.25, 0.3) is 5.91 Å². The minimum atomic E-state index is -0.314. The number of likely N-dealkylation sites (tertiary alicyclic amines) is 2. The highest BCUT2D eigenvalue weighted by atomic mass is 16.5. The van der Waals surface area contributed by atoms with Gasteiger partial charge in [0.2, 0.25) is 5.91 Å². The fourth-order valence-corrected chi connectivity index (χ4v) is 4.66. The van der Waals surface area contributed by atoms with Crippen molar-refractivity contribution in [3.63, 3.8) is 0 Å². The van der Waals surface area contributed by atoms with E-state index in [-0.39, 0.29) is 24.0 Å². The second-order valence-electron chi connectivity index (χ2n) is 7.47. The molecule has 128 valence electrons. The summed E-state index contributed by atoms with van der Waals surface area (Å²) >= 11 is 0. The van der Waals surface area contributed by atoms with Gasteiger partial charge in [-0.2, -0.15) is 0 Å². The first-order valence-electron chi connectivity index (χ1n) is 9.15. The van der Waals surface area contributed by atoms with Crippen LogP contribution in [0.4, 0.5) is 0 Å². The third kappa shape index (κ3) is 2.87. The SMILES string of the molecule is O=C([C@@H]1CCCCN1C(=O)[C@@H]1CCCO1)N1C[C@H]2CNC[C@H]2C1. The van der Waals surface area contributed by atoms with Crippen LogP contribution in [-0.4, -0.2) is 73.1 Å². The van der Waals surface area contributed by atoms with E-state index in [1.165, 1.54) is 0 Å². The first-order chi connectivity index (χ1) is 11.2. The molecule has 4 aliphatic heterocycles. The predicted octanol–water partition coefficient (Wildman–Crippen LogP) is 0.224. The molecule has 23 heavy (non-hydrogen) atoms. The number of nitrogens with zero attached hydrogens (tertiary/aromatic N) is 2. The summed E-state index contributed by atoms with van der Waals surface area (Å²) in [7, 11) is 0. The molecule has 1 N–H and O–H groups in total. The molecule has 6 heteroatoms. The Labute approximate surface area is 137 Å². The highest BCUT2D eigenvalue weighted by molar-refractivity contribution is 5.90. The standard InChI is InChI=1S/C17H27N3O3/c21-16(19-10-12-8-18-9-13(12)11-19)14-4-1-2-6-20(14)17(22)15-5-3-7-23-15/h12-15,18H,1-11H2/t12-,13+,14-,15-/m0/s1. The van der Waals surface area contributed by atoms with E-state index < -0.39 is 0 Å². The molecule has 0 unspecified atom stereocenters. The lowest BCUT2D eigenvalue weighted by Crippen LogP contribution is -2.55. The van der Waals surface area contributed by atoms with Crippen molar-refractivity contribution in [2.45, 2.75) is 44.2 Å². The number of amides is 2. The Morgan fingerprint density at radius 2 is 1.74 bits per heavy atom. The zero-order valence-electron chi connectivity index (χ0n) is 13.7. The molecular formula is C17H27N3O3. The first-order valence-corrected chi connectivity index (χ1v) is 9.15. The van der Waals surface area contributed by atoms with Crippen molar-refractivity contribution in [3.8, 4) is 0 Å². The molecule has 0 aromatic carbocycles. The Kier molecular flexibility index (Phi) is 4.28. The van der Waals surface area contributed by atoms with Crippen molar-refractivity contribution in [2.24, 2.45) is 11.8 Å². The van der Waals surface area contributed by atoms with Gasteiger partial charge in [-0.05, 0) is 43.9 Å². The molecule has 0 bridgehead atoms. The number of piperidine rings is 1. The van der Waals surface area contributed by atoms with Crippen LogP contribution in [-0.2, 0) is 14.3 Å². The molecule has 0 spiro atoms. The summed E-state index contributed by atoms with van der Waals surface area (Å²) in [5, 5.41) is 3.41. The van der Waals surface area contributed by atoms with E-state index in [2.05, 4.69) is 5.32 Å². The van der Waals surface area contributed by atoms with Crippen molar-refractivity contribution in [1.29, 1.82) is 0 Å². The summed E-state index contributed by atoms with van der Waals surface area (Å²) in [6, 6.07) is -0.257. The smallest absolute Gasteiger partial charge is 0.252 e. The topological polar surface area (TPSA) is 61.9 Å². The average molecular weight is 321 g/mol. The van der Waals surface area contributed by atoms with Crippen LogP contribution in [0.1, 0.15) is 32.1 Å². The summed E-state index contributed by atoms with van der Waals surface area (Å²) in [6.45, 7) is 5.14. The molecule has 4 saturated heterocycles. The van der Waals surface area contributed by atoms with Gasteiger partial charge in [-0.25, -0.2) is 0 Å². The van der Waals surface area contributed by atoms with E-state index in [0.29, 0.717) is 25.0 Å². The van der Waals surface area contributed by atoms with Crippen molar-refractivity contribution in [2.75, 3.05) is 39.3 Å². The number of hydrogen-bond acceptors (Lipinski definition) is 4. The highest BCUT2D eigenvalue weighted by Gasteiger charge is 2.43. The summed E-state index contributed by atoms with van der Waals surface area (Å²) in [4.78, 5) is 29.6. The lowest BCUT2D eigenvalue weighted by molar-refractivity contribution is -0.153. The highest BCUT2D eigenvalue weighted by Crippen LogP contribution is 2.29. The zero-order valence-corrected chi connectivity index (χ0v) is 13.7. The third-order valence-electron chi connectivity index (χ3n) is 5.98. The van der Waals surface area contributed by atoms with Crippen LogP contribution in [0, 0.1) is 11.8 Å². The Morgan fingerprint density at radius 3 is 2.43 bits per heavy atom. The van der Waals surface area contributed by atoms with Crippen molar-refractivity contribution < 1.29 is 14.3 Å². The van der Waals surface area contributed by atoms with Crippen LogP contribution in [0.5, 0.6) is 0 Å². The molecule has 0 radical (unpaired) electrons. The Hall–Kier alpha value is -1.14. The minimum absolute atomic E-state index is 0.0432. The van der Waals surface area contributed by atoms with Crippen LogP contribution in [0.2, 0.25) is 0 Å². The number of fused-ring (bicyclic) bond motifs is 1.